The van der Waals surface area contributed by atoms with Gasteiger partial charge in [-0.3, -0.25) is 9.79 Å². The van der Waals surface area contributed by atoms with Crippen molar-refractivity contribution in [2.24, 2.45) is 10.9 Å². The van der Waals surface area contributed by atoms with Gasteiger partial charge in [0.1, 0.15) is 0 Å². The summed E-state index contributed by atoms with van der Waals surface area (Å²) < 4.78 is 0. The first kappa shape index (κ1) is 23.1. The fourth-order valence-electron chi connectivity index (χ4n) is 3.67. The molecule has 6 nitrogen and oxygen atoms in total. The summed E-state index contributed by atoms with van der Waals surface area (Å²) in [6.45, 7) is 5.12. The summed E-state index contributed by atoms with van der Waals surface area (Å²) in [4.78, 5) is 18.8. The van der Waals surface area contributed by atoms with E-state index in [0.717, 1.165) is 31.6 Å². The molecule has 2 atom stereocenters. The molecule has 0 aromatic heterocycles. The highest BCUT2D eigenvalue weighted by molar-refractivity contribution is 6.30. The first-order chi connectivity index (χ1) is 15.0. The van der Waals surface area contributed by atoms with Gasteiger partial charge in [-0.2, -0.15) is 0 Å². The van der Waals surface area contributed by atoms with Gasteiger partial charge in [-0.15, -0.1) is 0 Å². The Labute approximate surface area is 189 Å². The van der Waals surface area contributed by atoms with Gasteiger partial charge in [0, 0.05) is 43.5 Å². The first-order valence-electron chi connectivity index (χ1n) is 10.8. The van der Waals surface area contributed by atoms with Crippen LogP contribution in [0, 0.1) is 5.92 Å². The topological polar surface area (TPSA) is 77.0 Å². The smallest absolute Gasteiger partial charge is 0.223 e. The fourth-order valence-corrected chi connectivity index (χ4v) is 3.79. The minimum absolute atomic E-state index is 0.211. The molecular weight excluding hydrogens is 412 g/mol. The van der Waals surface area contributed by atoms with Crippen molar-refractivity contribution < 1.29 is 9.90 Å². The average Bonchev–Trinajstić information content (AvgIpc) is 3.14. The molecule has 1 heterocycles. The molecule has 0 radical (unpaired) electrons. The maximum Gasteiger partial charge on any atom is 0.223 e. The Kier molecular flexibility index (Phi) is 8.74. The Morgan fingerprint density at radius 2 is 1.94 bits per heavy atom. The van der Waals surface area contributed by atoms with E-state index in [2.05, 4.69) is 27.8 Å². The van der Waals surface area contributed by atoms with E-state index < -0.39 is 6.10 Å². The number of benzene rings is 2. The predicted molar refractivity (Wildman–Crippen MR) is 125 cm³/mol. The van der Waals surface area contributed by atoms with Gasteiger partial charge in [0.2, 0.25) is 5.91 Å². The normalized spacial score (nSPS) is 17.6. The molecule has 3 N–H and O–H groups in total. The van der Waals surface area contributed by atoms with E-state index in [1.54, 1.807) is 24.3 Å². The number of guanidine groups is 1. The minimum atomic E-state index is -0.700. The second-order valence-electron chi connectivity index (χ2n) is 7.81. The van der Waals surface area contributed by atoms with Crippen molar-refractivity contribution in [3.05, 3.63) is 70.7 Å². The average molecular weight is 443 g/mol. The summed E-state index contributed by atoms with van der Waals surface area (Å²) in [6.07, 6.45) is 0.725. The van der Waals surface area contributed by atoms with Crippen LogP contribution < -0.4 is 10.6 Å². The molecule has 0 aliphatic carbocycles. The van der Waals surface area contributed by atoms with E-state index in [-0.39, 0.29) is 18.4 Å². The van der Waals surface area contributed by atoms with Crippen LogP contribution in [0.1, 0.15) is 30.6 Å². The van der Waals surface area contributed by atoms with Crippen molar-refractivity contribution in [3.8, 4) is 0 Å². The Hall–Kier alpha value is -2.57. The lowest BCUT2D eigenvalue weighted by molar-refractivity contribution is -0.127. The number of carbonyl (C=O) groups is 1. The predicted octanol–water partition coefficient (Wildman–Crippen LogP) is 3.02. The van der Waals surface area contributed by atoms with Crippen molar-refractivity contribution >= 4 is 23.5 Å². The van der Waals surface area contributed by atoms with Gasteiger partial charge in [0.25, 0.3) is 0 Å². The number of rotatable bonds is 9. The molecule has 0 bridgehead atoms. The van der Waals surface area contributed by atoms with Crippen LogP contribution in [-0.4, -0.2) is 54.6 Å². The Morgan fingerprint density at radius 3 is 2.65 bits per heavy atom. The number of hydrogen-bond donors (Lipinski definition) is 3. The Balaban J connectivity index is 1.47. The van der Waals surface area contributed by atoms with Gasteiger partial charge in [-0.1, -0.05) is 54.1 Å². The van der Waals surface area contributed by atoms with E-state index in [1.807, 2.05) is 30.0 Å². The van der Waals surface area contributed by atoms with Crippen molar-refractivity contribution in [1.82, 2.24) is 15.5 Å². The number of hydrogen-bond acceptors (Lipinski definition) is 3. The Morgan fingerprint density at radius 1 is 1.19 bits per heavy atom. The lowest BCUT2D eigenvalue weighted by atomic mass is 10.1. The molecule has 2 aromatic carbocycles. The van der Waals surface area contributed by atoms with Gasteiger partial charge in [-0.25, -0.2) is 0 Å². The third kappa shape index (κ3) is 7.26. The van der Waals surface area contributed by atoms with E-state index in [0.29, 0.717) is 23.9 Å². The molecular formula is C24H31ClN4O2. The molecule has 1 fully saturated rings. The quantitative estimate of drug-likeness (QED) is 0.412. The fraction of sp³-hybridized carbons (Fsp3) is 0.417. The molecule has 2 unspecified atom stereocenters. The molecule has 0 spiro atoms. The van der Waals surface area contributed by atoms with Crippen molar-refractivity contribution in [1.29, 1.82) is 0 Å². The number of carbonyl (C=O) groups excluding carboxylic acids is 1. The van der Waals surface area contributed by atoms with Crippen LogP contribution in [0.2, 0.25) is 5.02 Å². The maximum absolute atomic E-state index is 12.4. The number of aliphatic hydroxyl groups is 1. The number of halogens is 1. The highest BCUT2D eigenvalue weighted by Crippen LogP contribution is 2.18. The highest BCUT2D eigenvalue weighted by Gasteiger charge is 2.29. The molecule has 2 aromatic rings. The number of nitrogens with one attached hydrogen (secondary N) is 2. The van der Waals surface area contributed by atoms with Crippen LogP contribution in [-0.2, 0) is 11.2 Å². The maximum atomic E-state index is 12.4. The lowest BCUT2D eigenvalue weighted by Crippen LogP contribution is -2.40. The standard InChI is InChI=1S/C24H31ClN4O2/c1-2-26-24(28-16-22(30)20-8-10-21(25)11-9-20)27-15-19-14-23(31)29(17-19)13-12-18-6-4-3-5-7-18/h3-11,19,22,30H,2,12-17H2,1H3,(H2,26,27,28). The van der Waals surface area contributed by atoms with Crippen LogP contribution in [0.4, 0.5) is 0 Å². The second-order valence-corrected chi connectivity index (χ2v) is 8.25. The van der Waals surface area contributed by atoms with Crippen LogP contribution in [0.15, 0.2) is 59.6 Å². The van der Waals surface area contributed by atoms with Crippen molar-refractivity contribution in [2.45, 2.75) is 25.9 Å². The number of likely N-dealkylation sites (tertiary alicyclic amines) is 1. The van der Waals surface area contributed by atoms with E-state index in [9.17, 15) is 9.90 Å². The van der Waals surface area contributed by atoms with Crippen molar-refractivity contribution in [2.75, 3.05) is 32.7 Å². The van der Waals surface area contributed by atoms with E-state index in [4.69, 9.17) is 11.6 Å². The summed E-state index contributed by atoms with van der Waals surface area (Å²) in [7, 11) is 0. The molecule has 3 rings (SSSR count). The van der Waals surface area contributed by atoms with Gasteiger partial charge in [0.05, 0.1) is 12.6 Å². The highest BCUT2D eigenvalue weighted by atomic mass is 35.5. The van der Waals surface area contributed by atoms with Gasteiger partial charge in [0.15, 0.2) is 5.96 Å². The third-order valence-electron chi connectivity index (χ3n) is 5.39. The molecule has 7 heteroatoms. The Bertz CT molecular complexity index is 858. The summed E-state index contributed by atoms with van der Waals surface area (Å²) in [5.41, 5.74) is 2.03. The molecule has 1 amide bonds. The SMILES string of the molecule is CCNC(=NCC(O)c1ccc(Cl)cc1)NCC1CC(=O)N(CCc2ccccc2)C1. The first-order valence-corrected chi connectivity index (χ1v) is 11.2. The molecule has 1 saturated heterocycles. The zero-order valence-electron chi connectivity index (χ0n) is 17.9. The number of aliphatic imine (C=N–C) groups is 1. The zero-order valence-corrected chi connectivity index (χ0v) is 18.7. The van der Waals surface area contributed by atoms with Crippen LogP contribution in [0.3, 0.4) is 0 Å². The number of amides is 1. The zero-order chi connectivity index (χ0) is 22.1. The minimum Gasteiger partial charge on any atom is -0.386 e. The third-order valence-corrected chi connectivity index (χ3v) is 5.64. The summed E-state index contributed by atoms with van der Waals surface area (Å²) >= 11 is 5.90. The summed E-state index contributed by atoms with van der Waals surface area (Å²) in [5, 5.41) is 17.5. The van der Waals surface area contributed by atoms with E-state index >= 15 is 0 Å². The van der Waals surface area contributed by atoms with Crippen LogP contribution >= 0.6 is 11.6 Å². The van der Waals surface area contributed by atoms with Gasteiger partial charge < -0.3 is 20.6 Å². The van der Waals surface area contributed by atoms with Gasteiger partial charge >= 0.3 is 0 Å². The molecule has 166 valence electrons. The largest absolute Gasteiger partial charge is 0.386 e. The lowest BCUT2D eigenvalue weighted by Gasteiger charge is -2.18. The molecule has 1 aliphatic heterocycles. The summed E-state index contributed by atoms with van der Waals surface area (Å²) in [5.74, 6) is 1.10. The number of aliphatic hydroxyl groups excluding tert-OH is 1. The molecule has 1 aliphatic rings. The monoisotopic (exact) mass is 442 g/mol. The molecule has 0 saturated carbocycles. The van der Waals surface area contributed by atoms with Gasteiger partial charge in [-0.05, 0) is 36.6 Å². The molecule has 31 heavy (non-hydrogen) atoms. The van der Waals surface area contributed by atoms with Crippen LogP contribution in [0.5, 0.6) is 0 Å². The second kappa shape index (κ2) is 11.7. The summed E-state index contributed by atoms with van der Waals surface area (Å²) in [6, 6.07) is 17.4. The van der Waals surface area contributed by atoms with Crippen molar-refractivity contribution in [3.63, 3.8) is 0 Å². The number of nitrogens with zero attached hydrogens (tertiary/aromatic N) is 2. The van der Waals surface area contributed by atoms with Crippen LogP contribution in [0.25, 0.3) is 0 Å². The van der Waals surface area contributed by atoms with E-state index in [1.165, 1.54) is 5.56 Å².